The van der Waals surface area contributed by atoms with Crippen LogP contribution in [0.3, 0.4) is 0 Å². The smallest absolute Gasteiger partial charge is 0.220 e. The Morgan fingerprint density at radius 1 is 0.900 bits per heavy atom. The summed E-state index contributed by atoms with van der Waals surface area (Å²) in [5.74, 6) is 0.638. The van der Waals surface area contributed by atoms with Crippen molar-refractivity contribution in [2.24, 2.45) is 13.0 Å². The quantitative estimate of drug-likeness (QED) is 0.360. The highest BCUT2D eigenvalue weighted by Gasteiger charge is 2.20. The van der Waals surface area contributed by atoms with Crippen molar-refractivity contribution < 1.29 is 4.57 Å². The topological polar surface area (TPSA) is 16.8 Å². The molecule has 0 atom stereocenters. The fraction of sp³-hybridized carbons (Fsp3) is 0.286. The lowest BCUT2D eigenvalue weighted by atomic mass is 9.93. The molecule has 2 aromatic carbocycles. The molecule has 2 aromatic heterocycles. The maximum atomic E-state index is 4.82. The Kier molecular flexibility index (Phi) is 5.42. The number of fused-ring (bicyclic) bond motifs is 1. The SMILES string of the molecule is Cc1cc(C)c(C)c(-c2c3cccc(-c4ccc(CC(C)C)cn4)c3cc[n+]2C)c1. The summed E-state index contributed by atoms with van der Waals surface area (Å²) in [6.07, 6.45) is 5.27. The Labute approximate surface area is 180 Å². The van der Waals surface area contributed by atoms with Gasteiger partial charge in [-0.05, 0) is 68.0 Å². The van der Waals surface area contributed by atoms with Gasteiger partial charge in [-0.25, -0.2) is 4.57 Å². The van der Waals surface area contributed by atoms with Crippen LogP contribution >= 0.6 is 0 Å². The van der Waals surface area contributed by atoms with Gasteiger partial charge in [0.1, 0.15) is 7.05 Å². The van der Waals surface area contributed by atoms with Crippen LogP contribution in [0.15, 0.2) is 60.9 Å². The van der Waals surface area contributed by atoms with E-state index >= 15 is 0 Å². The largest absolute Gasteiger partial charge is 0.256 e. The first kappa shape index (κ1) is 20.3. The first-order chi connectivity index (χ1) is 14.3. The second-order valence-electron chi connectivity index (χ2n) is 8.95. The van der Waals surface area contributed by atoms with Gasteiger partial charge in [-0.15, -0.1) is 0 Å². The van der Waals surface area contributed by atoms with E-state index in [9.17, 15) is 0 Å². The molecule has 2 nitrogen and oxygen atoms in total. The average molecular weight is 396 g/mol. The minimum absolute atomic E-state index is 0.638. The molecule has 0 bridgehead atoms. The minimum Gasteiger partial charge on any atom is -0.256 e. The minimum atomic E-state index is 0.638. The average Bonchev–Trinajstić information content (AvgIpc) is 2.70. The molecule has 4 aromatic rings. The number of hydrogen-bond acceptors (Lipinski definition) is 1. The normalized spacial score (nSPS) is 11.4. The van der Waals surface area contributed by atoms with E-state index in [1.54, 1.807) is 0 Å². The highest BCUT2D eigenvalue weighted by atomic mass is 14.9. The van der Waals surface area contributed by atoms with E-state index in [2.05, 4.69) is 101 Å². The third-order valence-electron chi connectivity index (χ3n) is 5.99. The number of pyridine rings is 2. The van der Waals surface area contributed by atoms with Gasteiger partial charge in [-0.2, -0.15) is 0 Å². The summed E-state index contributed by atoms with van der Waals surface area (Å²) in [7, 11) is 2.14. The molecule has 0 aliphatic carbocycles. The Bertz CT molecular complexity index is 1220. The molecular formula is C28H31N2+. The summed E-state index contributed by atoms with van der Waals surface area (Å²) >= 11 is 0. The highest BCUT2D eigenvalue weighted by molar-refractivity contribution is 6.01. The Morgan fingerprint density at radius 2 is 1.70 bits per heavy atom. The Morgan fingerprint density at radius 3 is 2.40 bits per heavy atom. The van der Waals surface area contributed by atoms with Gasteiger partial charge in [0.2, 0.25) is 5.69 Å². The van der Waals surface area contributed by atoms with Gasteiger partial charge in [0.25, 0.3) is 0 Å². The predicted octanol–water partition coefficient (Wildman–Crippen LogP) is 6.52. The van der Waals surface area contributed by atoms with Crippen molar-refractivity contribution in [1.82, 2.24) is 4.98 Å². The monoisotopic (exact) mass is 395 g/mol. The van der Waals surface area contributed by atoms with Crippen molar-refractivity contribution >= 4 is 10.8 Å². The number of aryl methyl sites for hydroxylation is 3. The van der Waals surface area contributed by atoms with Gasteiger partial charge in [0, 0.05) is 23.2 Å². The van der Waals surface area contributed by atoms with E-state index in [1.807, 2.05) is 6.20 Å². The number of aromatic nitrogens is 2. The molecule has 2 heteroatoms. The van der Waals surface area contributed by atoms with Crippen LogP contribution in [0, 0.1) is 26.7 Å². The lowest BCUT2D eigenvalue weighted by molar-refractivity contribution is -0.659. The van der Waals surface area contributed by atoms with Crippen molar-refractivity contribution in [2.45, 2.75) is 41.0 Å². The fourth-order valence-corrected chi connectivity index (χ4v) is 4.42. The van der Waals surface area contributed by atoms with Crippen LogP contribution in [0.4, 0.5) is 0 Å². The zero-order valence-corrected chi connectivity index (χ0v) is 19.0. The summed E-state index contributed by atoms with van der Waals surface area (Å²) in [5.41, 5.74) is 10.0. The van der Waals surface area contributed by atoms with Crippen molar-refractivity contribution in [1.29, 1.82) is 0 Å². The molecule has 0 spiro atoms. The van der Waals surface area contributed by atoms with E-state index in [0.29, 0.717) is 5.92 Å². The van der Waals surface area contributed by atoms with Crippen molar-refractivity contribution in [3.63, 3.8) is 0 Å². The molecule has 0 amide bonds. The Hall–Kier alpha value is -3.00. The van der Waals surface area contributed by atoms with E-state index < -0.39 is 0 Å². The molecule has 4 rings (SSSR count). The number of rotatable bonds is 4. The lowest BCUT2D eigenvalue weighted by Crippen LogP contribution is -2.31. The summed E-state index contributed by atoms with van der Waals surface area (Å²) in [5, 5.41) is 2.51. The number of hydrogen-bond donors (Lipinski definition) is 0. The molecule has 0 aliphatic rings. The standard InChI is InChI=1S/C28H31N2/c1-18(2)14-22-10-11-27(29-17-22)24-8-7-9-25-23(24)12-13-30(6)28(25)26-16-19(3)15-20(4)21(26)5/h7-13,15-18H,14H2,1-6H3/q+1. The summed E-state index contributed by atoms with van der Waals surface area (Å²) < 4.78 is 2.24. The molecule has 0 fully saturated rings. The summed E-state index contributed by atoms with van der Waals surface area (Å²) in [6.45, 7) is 11.1. The molecule has 2 heterocycles. The van der Waals surface area contributed by atoms with Crippen molar-refractivity contribution in [3.05, 3.63) is 83.2 Å². The molecule has 0 N–H and O–H groups in total. The zero-order valence-electron chi connectivity index (χ0n) is 19.0. The van der Waals surface area contributed by atoms with Gasteiger partial charge in [0.15, 0.2) is 6.20 Å². The zero-order chi connectivity index (χ0) is 21.4. The Balaban J connectivity index is 1.91. The maximum absolute atomic E-state index is 4.82. The molecule has 0 saturated heterocycles. The third kappa shape index (κ3) is 3.75. The third-order valence-corrected chi connectivity index (χ3v) is 5.99. The van der Waals surface area contributed by atoms with E-state index in [4.69, 9.17) is 4.98 Å². The second kappa shape index (κ2) is 8.02. The lowest BCUT2D eigenvalue weighted by Gasteiger charge is -2.13. The number of benzene rings is 2. The number of nitrogens with zero attached hydrogens (tertiary/aromatic N) is 2. The van der Waals surface area contributed by atoms with Crippen LogP contribution in [-0.2, 0) is 13.5 Å². The molecule has 0 aliphatic heterocycles. The molecule has 152 valence electrons. The van der Waals surface area contributed by atoms with Crippen LogP contribution in [0.25, 0.3) is 33.3 Å². The van der Waals surface area contributed by atoms with Crippen LogP contribution < -0.4 is 4.57 Å². The van der Waals surface area contributed by atoms with Gasteiger partial charge in [-0.1, -0.05) is 43.7 Å². The van der Waals surface area contributed by atoms with Gasteiger partial charge >= 0.3 is 0 Å². The van der Waals surface area contributed by atoms with E-state index in [1.165, 1.54) is 49.8 Å². The van der Waals surface area contributed by atoms with Gasteiger partial charge < -0.3 is 0 Å². The fourth-order valence-electron chi connectivity index (χ4n) is 4.42. The van der Waals surface area contributed by atoms with Crippen LogP contribution in [0.5, 0.6) is 0 Å². The van der Waals surface area contributed by atoms with Crippen molar-refractivity contribution in [3.8, 4) is 22.5 Å². The summed E-state index contributed by atoms with van der Waals surface area (Å²) in [4.78, 5) is 4.82. The first-order valence-electron chi connectivity index (χ1n) is 10.8. The second-order valence-corrected chi connectivity index (χ2v) is 8.95. The first-order valence-corrected chi connectivity index (χ1v) is 10.8. The van der Waals surface area contributed by atoms with Crippen LogP contribution in [0.2, 0.25) is 0 Å². The predicted molar refractivity (Wildman–Crippen MR) is 127 cm³/mol. The van der Waals surface area contributed by atoms with Crippen LogP contribution in [0.1, 0.15) is 36.1 Å². The van der Waals surface area contributed by atoms with Gasteiger partial charge in [0.05, 0.1) is 16.6 Å². The maximum Gasteiger partial charge on any atom is 0.220 e. The summed E-state index contributed by atoms with van der Waals surface area (Å²) in [6, 6.07) is 17.8. The molecule has 0 saturated carbocycles. The molecule has 0 unspecified atom stereocenters. The van der Waals surface area contributed by atoms with Crippen molar-refractivity contribution in [2.75, 3.05) is 0 Å². The molecule has 30 heavy (non-hydrogen) atoms. The van der Waals surface area contributed by atoms with E-state index in [-0.39, 0.29) is 0 Å². The molecule has 0 radical (unpaired) electrons. The van der Waals surface area contributed by atoms with Gasteiger partial charge in [-0.3, -0.25) is 4.98 Å². The highest BCUT2D eigenvalue weighted by Crippen LogP contribution is 2.34. The van der Waals surface area contributed by atoms with E-state index in [0.717, 1.165) is 12.1 Å². The van der Waals surface area contributed by atoms with Crippen LogP contribution in [-0.4, -0.2) is 4.98 Å². The molecular weight excluding hydrogens is 364 g/mol.